The lowest BCUT2D eigenvalue weighted by molar-refractivity contribution is -0.140. The quantitative estimate of drug-likeness (QED) is 0.235. The highest BCUT2D eigenvalue weighted by Crippen LogP contribution is 2.27. The van der Waals surface area contributed by atoms with Crippen LogP contribution in [0, 0.1) is 5.82 Å². The van der Waals surface area contributed by atoms with Gasteiger partial charge in [0.2, 0.25) is 11.8 Å². The van der Waals surface area contributed by atoms with E-state index in [4.69, 9.17) is 16.3 Å². The summed E-state index contributed by atoms with van der Waals surface area (Å²) in [6, 6.07) is 16.9. The van der Waals surface area contributed by atoms with Crippen LogP contribution in [-0.2, 0) is 26.2 Å². The van der Waals surface area contributed by atoms with Gasteiger partial charge in [-0.25, -0.2) is 12.8 Å². The van der Waals surface area contributed by atoms with Gasteiger partial charge in [0.1, 0.15) is 24.2 Å². The van der Waals surface area contributed by atoms with Gasteiger partial charge in [0, 0.05) is 17.6 Å². The lowest BCUT2D eigenvalue weighted by Gasteiger charge is -2.34. The van der Waals surface area contributed by atoms with E-state index in [0.717, 1.165) is 48.5 Å². The first-order valence-electron chi connectivity index (χ1n) is 15.0. The zero-order valence-corrected chi connectivity index (χ0v) is 26.6. The third kappa shape index (κ3) is 8.30. The van der Waals surface area contributed by atoms with E-state index in [1.54, 1.807) is 24.3 Å². The Morgan fingerprint density at radius 2 is 1.64 bits per heavy atom. The third-order valence-electron chi connectivity index (χ3n) is 7.75. The van der Waals surface area contributed by atoms with Crippen molar-refractivity contribution >= 4 is 39.1 Å². The Balaban J connectivity index is 1.70. The predicted octanol–water partition coefficient (Wildman–Crippen LogP) is 6.33. The summed E-state index contributed by atoms with van der Waals surface area (Å²) in [5.74, 6) is -0.947. The molecule has 0 aromatic heterocycles. The van der Waals surface area contributed by atoms with E-state index in [0.29, 0.717) is 29.4 Å². The molecular formula is C33H39ClFN3O5S. The Labute approximate surface area is 264 Å². The molecule has 1 aliphatic rings. The molecule has 1 atom stereocenters. The van der Waals surface area contributed by atoms with Crippen molar-refractivity contribution in [3.05, 3.63) is 89.2 Å². The zero-order chi connectivity index (χ0) is 31.7. The largest absolute Gasteiger partial charge is 0.494 e. The average molecular weight is 644 g/mol. The Hall–Kier alpha value is -3.63. The maximum absolute atomic E-state index is 14.2. The molecule has 4 rings (SSSR count). The molecule has 0 bridgehead atoms. The first-order valence-corrected chi connectivity index (χ1v) is 16.8. The molecular weight excluding hydrogens is 605 g/mol. The second-order valence-corrected chi connectivity index (χ2v) is 13.0. The minimum absolute atomic E-state index is 0.00450. The number of amides is 2. The molecule has 1 fully saturated rings. The van der Waals surface area contributed by atoms with Gasteiger partial charge in [0.15, 0.2) is 0 Å². The van der Waals surface area contributed by atoms with Crippen molar-refractivity contribution < 1.29 is 27.1 Å². The van der Waals surface area contributed by atoms with Crippen LogP contribution >= 0.6 is 11.6 Å². The number of ether oxygens (including phenoxy) is 1. The van der Waals surface area contributed by atoms with Crippen molar-refractivity contribution in [3.63, 3.8) is 0 Å². The van der Waals surface area contributed by atoms with Crippen LogP contribution < -0.4 is 14.4 Å². The van der Waals surface area contributed by atoms with Crippen LogP contribution in [0.5, 0.6) is 5.75 Å². The van der Waals surface area contributed by atoms with Crippen LogP contribution in [0.15, 0.2) is 77.7 Å². The third-order valence-corrected chi connectivity index (χ3v) is 9.91. The Morgan fingerprint density at radius 3 is 2.25 bits per heavy atom. The van der Waals surface area contributed by atoms with Crippen molar-refractivity contribution in [3.8, 4) is 5.75 Å². The minimum Gasteiger partial charge on any atom is -0.494 e. The number of carbonyl (C=O) groups is 2. The van der Waals surface area contributed by atoms with Gasteiger partial charge in [-0.15, -0.1) is 0 Å². The van der Waals surface area contributed by atoms with Gasteiger partial charge in [-0.2, -0.15) is 0 Å². The Morgan fingerprint density at radius 1 is 0.977 bits per heavy atom. The van der Waals surface area contributed by atoms with Crippen molar-refractivity contribution in [1.29, 1.82) is 0 Å². The topological polar surface area (TPSA) is 96.0 Å². The number of carbonyl (C=O) groups excluding carboxylic acids is 2. The van der Waals surface area contributed by atoms with Crippen LogP contribution in [0.4, 0.5) is 10.1 Å². The Kier molecular flexibility index (Phi) is 11.6. The second kappa shape index (κ2) is 15.4. The summed E-state index contributed by atoms with van der Waals surface area (Å²) < 4.78 is 48.3. The molecule has 0 heterocycles. The molecule has 236 valence electrons. The number of anilines is 1. The smallest absolute Gasteiger partial charge is 0.264 e. The lowest BCUT2D eigenvalue weighted by Crippen LogP contribution is -2.54. The fourth-order valence-electron chi connectivity index (χ4n) is 5.41. The molecule has 0 aliphatic heterocycles. The summed E-state index contributed by atoms with van der Waals surface area (Å²) in [6.45, 7) is 3.41. The summed E-state index contributed by atoms with van der Waals surface area (Å²) >= 11 is 6.47. The number of halogens is 2. The number of nitrogens with one attached hydrogen (secondary N) is 1. The van der Waals surface area contributed by atoms with Crippen LogP contribution in [0.1, 0.15) is 57.9 Å². The van der Waals surface area contributed by atoms with E-state index < -0.39 is 34.3 Å². The molecule has 1 N–H and O–H groups in total. The van der Waals surface area contributed by atoms with Gasteiger partial charge in [-0.3, -0.25) is 13.9 Å². The van der Waals surface area contributed by atoms with Gasteiger partial charge in [-0.1, -0.05) is 56.0 Å². The number of hydrogen-bond donors (Lipinski definition) is 1. The fraction of sp³-hybridized carbons (Fsp3) is 0.394. The highest BCUT2D eigenvalue weighted by atomic mass is 35.5. The molecule has 0 saturated heterocycles. The molecule has 1 aliphatic carbocycles. The normalized spacial score (nSPS) is 14.5. The molecule has 44 heavy (non-hydrogen) atoms. The first-order chi connectivity index (χ1) is 21.1. The van der Waals surface area contributed by atoms with E-state index in [-0.39, 0.29) is 29.1 Å². The van der Waals surface area contributed by atoms with E-state index >= 15 is 0 Å². The van der Waals surface area contributed by atoms with Crippen molar-refractivity contribution in [2.24, 2.45) is 0 Å². The summed E-state index contributed by atoms with van der Waals surface area (Å²) in [4.78, 5) is 29.2. The van der Waals surface area contributed by atoms with Crippen molar-refractivity contribution in [2.75, 3.05) is 17.5 Å². The van der Waals surface area contributed by atoms with Crippen molar-refractivity contribution in [1.82, 2.24) is 10.2 Å². The fourth-order valence-corrected chi connectivity index (χ4v) is 7.02. The number of benzene rings is 3. The van der Waals surface area contributed by atoms with Gasteiger partial charge < -0.3 is 15.0 Å². The van der Waals surface area contributed by atoms with Crippen molar-refractivity contribution in [2.45, 2.75) is 75.9 Å². The lowest BCUT2D eigenvalue weighted by atomic mass is 9.95. The maximum atomic E-state index is 14.2. The molecule has 11 heteroatoms. The summed E-state index contributed by atoms with van der Waals surface area (Å²) in [7, 11) is -4.30. The van der Waals surface area contributed by atoms with Gasteiger partial charge in [0.25, 0.3) is 10.0 Å². The highest BCUT2D eigenvalue weighted by molar-refractivity contribution is 7.92. The average Bonchev–Trinajstić information content (AvgIpc) is 3.02. The highest BCUT2D eigenvalue weighted by Gasteiger charge is 2.34. The molecule has 2 amide bonds. The molecule has 8 nitrogen and oxygen atoms in total. The maximum Gasteiger partial charge on any atom is 0.264 e. The van der Waals surface area contributed by atoms with E-state index in [1.807, 2.05) is 13.8 Å². The summed E-state index contributed by atoms with van der Waals surface area (Å²) in [6.07, 6.45) is 5.23. The molecule has 0 radical (unpaired) electrons. The SMILES string of the molecule is CCOc1ccc(S(=O)(=O)N(CC(=O)N(Cc2ccccc2Cl)[C@H](CC)C(=O)NC2CCCCC2)c2ccc(F)cc2)cc1. The number of sulfonamides is 1. The van der Waals surface area contributed by atoms with E-state index in [2.05, 4.69) is 5.32 Å². The zero-order valence-electron chi connectivity index (χ0n) is 25.0. The van der Waals surface area contributed by atoms with E-state index in [1.165, 1.54) is 41.3 Å². The monoisotopic (exact) mass is 643 g/mol. The number of hydrogen-bond acceptors (Lipinski definition) is 5. The van der Waals surface area contributed by atoms with E-state index in [9.17, 15) is 22.4 Å². The van der Waals surface area contributed by atoms with Gasteiger partial charge in [0.05, 0.1) is 17.2 Å². The molecule has 0 spiro atoms. The summed E-state index contributed by atoms with van der Waals surface area (Å²) in [5, 5.41) is 3.54. The first kappa shape index (κ1) is 33.3. The minimum atomic E-state index is -4.30. The molecule has 3 aromatic carbocycles. The molecule has 0 unspecified atom stereocenters. The molecule has 1 saturated carbocycles. The standard InChI is InChI=1S/C33H39ClFN3O5S/c1-3-31(33(40)36-26-11-6-5-7-12-26)37(22-24-10-8-9-13-30(24)34)32(39)23-38(27-16-14-25(35)15-17-27)44(41,42)29-20-18-28(19-21-29)43-4-2/h8-10,13-21,26,31H,3-7,11-12,22-23H2,1-2H3,(H,36,40)/t31-/m1/s1. The number of rotatable bonds is 13. The van der Waals surface area contributed by atoms with Crippen LogP contribution in [0.25, 0.3) is 0 Å². The van der Waals surface area contributed by atoms with Crippen LogP contribution in [0.2, 0.25) is 5.02 Å². The van der Waals surface area contributed by atoms with Gasteiger partial charge in [-0.05, 0) is 86.3 Å². The second-order valence-electron chi connectivity index (χ2n) is 10.8. The molecule has 3 aromatic rings. The predicted molar refractivity (Wildman–Crippen MR) is 170 cm³/mol. The van der Waals surface area contributed by atoms with Crippen LogP contribution in [0.3, 0.4) is 0 Å². The Bertz CT molecular complexity index is 1510. The summed E-state index contributed by atoms with van der Waals surface area (Å²) in [5.41, 5.74) is 0.722. The van der Waals surface area contributed by atoms with Gasteiger partial charge >= 0.3 is 0 Å². The number of nitrogens with zero attached hydrogens (tertiary/aromatic N) is 2. The van der Waals surface area contributed by atoms with Crippen LogP contribution in [-0.4, -0.2) is 50.4 Å².